The number of nitrogens with one attached hydrogen (secondary N) is 1. The van der Waals surface area contributed by atoms with Gasteiger partial charge in [-0.25, -0.2) is 0 Å². The minimum atomic E-state index is -4.56. The van der Waals surface area contributed by atoms with Crippen molar-refractivity contribution in [3.05, 3.63) is 41.6 Å². The normalized spacial score (nSPS) is 22.6. The maximum atomic E-state index is 12.8. The van der Waals surface area contributed by atoms with E-state index in [1.807, 2.05) is 0 Å². The summed E-state index contributed by atoms with van der Waals surface area (Å²) in [6, 6.07) is 1.69. The van der Waals surface area contributed by atoms with Gasteiger partial charge in [-0.05, 0) is 44.2 Å². The van der Waals surface area contributed by atoms with Gasteiger partial charge in [0.2, 0.25) is 17.6 Å². The number of hydrogen-bond acceptors (Lipinski definition) is 5. The number of nitrogens with zero attached hydrogens (tertiary/aromatic N) is 3. The Morgan fingerprint density at radius 3 is 2.89 bits per heavy atom. The van der Waals surface area contributed by atoms with Crippen molar-refractivity contribution in [1.82, 2.24) is 20.4 Å². The number of allylic oxidation sites excluding steroid dienone is 1. The Kier molecular flexibility index (Phi) is 4.24. The summed E-state index contributed by atoms with van der Waals surface area (Å²) in [7, 11) is 0. The SMILES string of the molecule is C[C@H](NC(=O)C1C2=CCCC1C2)c1nc(-c2ccnc(C(F)(F)F)c2)no1. The third kappa shape index (κ3) is 3.33. The smallest absolute Gasteiger partial charge is 0.344 e. The molecule has 2 aromatic rings. The molecule has 1 amide bonds. The highest BCUT2D eigenvalue weighted by atomic mass is 19.4. The molecule has 2 aliphatic rings. The molecule has 0 spiro atoms. The number of carbonyl (C=O) groups excluding carboxylic acids is 1. The van der Waals surface area contributed by atoms with Crippen molar-refractivity contribution in [2.45, 2.75) is 38.4 Å². The van der Waals surface area contributed by atoms with Crippen molar-refractivity contribution in [3.63, 3.8) is 0 Å². The molecule has 0 aromatic carbocycles. The summed E-state index contributed by atoms with van der Waals surface area (Å²) in [4.78, 5) is 19.9. The van der Waals surface area contributed by atoms with Gasteiger partial charge < -0.3 is 9.84 Å². The largest absolute Gasteiger partial charge is 0.433 e. The Balaban J connectivity index is 1.47. The lowest BCUT2D eigenvalue weighted by atomic mass is 9.63. The second-order valence-electron chi connectivity index (χ2n) is 6.91. The molecule has 4 rings (SSSR count). The predicted molar refractivity (Wildman–Crippen MR) is 88.0 cm³/mol. The van der Waals surface area contributed by atoms with Crippen molar-refractivity contribution in [2.24, 2.45) is 11.8 Å². The Labute approximate surface area is 152 Å². The fourth-order valence-corrected chi connectivity index (χ4v) is 3.65. The van der Waals surface area contributed by atoms with Crippen LogP contribution in [-0.4, -0.2) is 21.0 Å². The lowest BCUT2D eigenvalue weighted by Crippen LogP contribution is -2.44. The maximum Gasteiger partial charge on any atom is 0.433 e. The van der Waals surface area contributed by atoms with Crippen LogP contribution in [-0.2, 0) is 11.0 Å². The average molecular weight is 378 g/mol. The molecule has 2 aromatic heterocycles. The topological polar surface area (TPSA) is 80.9 Å². The second-order valence-corrected chi connectivity index (χ2v) is 6.91. The number of fused-ring (bicyclic) bond motifs is 2. The van der Waals surface area contributed by atoms with Crippen LogP contribution >= 0.6 is 0 Å². The summed E-state index contributed by atoms with van der Waals surface area (Å²) in [5.41, 5.74) is 0.292. The number of rotatable bonds is 4. The van der Waals surface area contributed by atoms with Gasteiger partial charge in [-0.1, -0.05) is 16.8 Å². The predicted octanol–water partition coefficient (Wildman–Crippen LogP) is 3.68. The fraction of sp³-hybridized carbons (Fsp3) is 0.444. The molecular weight excluding hydrogens is 361 g/mol. The van der Waals surface area contributed by atoms with Gasteiger partial charge in [-0.3, -0.25) is 9.78 Å². The molecule has 0 saturated heterocycles. The first-order valence-electron chi connectivity index (χ1n) is 8.69. The first kappa shape index (κ1) is 17.7. The van der Waals surface area contributed by atoms with E-state index in [4.69, 9.17) is 4.52 Å². The van der Waals surface area contributed by atoms with Gasteiger partial charge in [-0.2, -0.15) is 18.2 Å². The zero-order valence-electron chi connectivity index (χ0n) is 14.5. The molecule has 2 unspecified atom stereocenters. The van der Waals surface area contributed by atoms with E-state index in [2.05, 4.69) is 26.5 Å². The summed E-state index contributed by atoms with van der Waals surface area (Å²) >= 11 is 0. The van der Waals surface area contributed by atoms with Crippen molar-refractivity contribution in [3.8, 4) is 11.4 Å². The molecule has 1 saturated carbocycles. The van der Waals surface area contributed by atoms with Crippen LogP contribution in [0.1, 0.15) is 43.8 Å². The van der Waals surface area contributed by atoms with Crippen LogP contribution in [0.2, 0.25) is 0 Å². The highest BCUT2D eigenvalue weighted by Gasteiger charge is 2.43. The first-order chi connectivity index (χ1) is 12.8. The monoisotopic (exact) mass is 378 g/mol. The quantitative estimate of drug-likeness (QED) is 0.821. The van der Waals surface area contributed by atoms with Crippen molar-refractivity contribution in [1.29, 1.82) is 0 Å². The molecule has 0 radical (unpaired) electrons. The van der Waals surface area contributed by atoms with Gasteiger partial charge in [0, 0.05) is 11.8 Å². The van der Waals surface area contributed by atoms with E-state index in [9.17, 15) is 18.0 Å². The van der Waals surface area contributed by atoms with Crippen LogP contribution in [0.5, 0.6) is 0 Å². The molecule has 2 aliphatic carbocycles. The van der Waals surface area contributed by atoms with Crippen LogP contribution in [0.25, 0.3) is 11.4 Å². The number of amides is 1. The van der Waals surface area contributed by atoms with E-state index in [0.29, 0.717) is 5.92 Å². The molecule has 2 bridgehead atoms. The van der Waals surface area contributed by atoms with E-state index in [0.717, 1.165) is 31.5 Å². The minimum Gasteiger partial charge on any atom is -0.344 e. The second kappa shape index (κ2) is 6.47. The van der Waals surface area contributed by atoms with E-state index < -0.39 is 17.9 Å². The number of alkyl halides is 3. The number of halogens is 3. The highest BCUT2D eigenvalue weighted by molar-refractivity contribution is 5.84. The zero-order chi connectivity index (χ0) is 19.2. The fourth-order valence-electron chi connectivity index (χ4n) is 3.65. The van der Waals surface area contributed by atoms with Crippen LogP contribution < -0.4 is 5.32 Å². The summed E-state index contributed by atoms with van der Waals surface area (Å²) in [6.45, 7) is 1.70. The zero-order valence-corrected chi connectivity index (χ0v) is 14.5. The third-order valence-corrected chi connectivity index (χ3v) is 5.07. The standard InChI is InChI=1S/C18H17F3N4O2/c1-9(23-16(26)14-10-3-2-4-11(14)7-10)17-24-15(25-27-17)12-5-6-22-13(8-12)18(19,20)21/h3,5-6,8-9,11,14H,2,4,7H2,1H3,(H,23,26)/t9-,11?,14?/m0/s1. The molecular formula is C18H17F3N4O2. The lowest BCUT2D eigenvalue weighted by Gasteiger charge is -2.42. The van der Waals surface area contributed by atoms with Gasteiger partial charge in [0.15, 0.2) is 0 Å². The molecule has 142 valence electrons. The number of pyridine rings is 1. The molecule has 1 N–H and O–H groups in total. The van der Waals surface area contributed by atoms with Crippen LogP contribution in [0, 0.1) is 11.8 Å². The molecule has 1 fully saturated rings. The number of hydrogen-bond donors (Lipinski definition) is 1. The van der Waals surface area contributed by atoms with E-state index in [1.165, 1.54) is 11.6 Å². The lowest BCUT2D eigenvalue weighted by molar-refractivity contribution is -0.141. The summed E-state index contributed by atoms with van der Waals surface area (Å²) in [5, 5.41) is 6.59. The Bertz CT molecular complexity index is 906. The van der Waals surface area contributed by atoms with Crippen molar-refractivity contribution >= 4 is 5.91 Å². The van der Waals surface area contributed by atoms with E-state index >= 15 is 0 Å². The van der Waals surface area contributed by atoms with Gasteiger partial charge in [0.25, 0.3) is 0 Å². The van der Waals surface area contributed by atoms with Gasteiger partial charge in [0.05, 0.1) is 5.92 Å². The van der Waals surface area contributed by atoms with Gasteiger partial charge in [0.1, 0.15) is 11.7 Å². The van der Waals surface area contributed by atoms with E-state index in [-0.39, 0.29) is 29.1 Å². The Morgan fingerprint density at radius 2 is 2.22 bits per heavy atom. The van der Waals surface area contributed by atoms with Crippen LogP contribution in [0.15, 0.2) is 34.5 Å². The van der Waals surface area contributed by atoms with E-state index in [1.54, 1.807) is 6.92 Å². The minimum absolute atomic E-state index is 0.0159. The Morgan fingerprint density at radius 1 is 1.41 bits per heavy atom. The molecule has 3 atom stereocenters. The molecule has 6 nitrogen and oxygen atoms in total. The van der Waals surface area contributed by atoms with Gasteiger partial charge >= 0.3 is 6.18 Å². The molecule has 2 heterocycles. The highest BCUT2D eigenvalue weighted by Crippen LogP contribution is 2.47. The number of aromatic nitrogens is 3. The summed E-state index contributed by atoms with van der Waals surface area (Å²) in [5.74, 6) is 0.392. The van der Waals surface area contributed by atoms with Gasteiger partial charge in [-0.15, -0.1) is 0 Å². The summed E-state index contributed by atoms with van der Waals surface area (Å²) < 4.78 is 43.5. The molecule has 27 heavy (non-hydrogen) atoms. The summed E-state index contributed by atoms with van der Waals surface area (Å²) in [6.07, 6.45) is 1.65. The Hall–Kier alpha value is -2.71. The van der Waals surface area contributed by atoms with Crippen LogP contribution in [0.3, 0.4) is 0 Å². The first-order valence-corrected chi connectivity index (χ1v) is 8.69. The average Bonchev–Trinajstić information content (AvgIpc) is 3.12. The number of carbonyl (C=O) groups is 1. The van der Waals surface area contributed by atoms with Crippen molar-refractivity contribution in [2.75, 3.05) is 0 Å². The molecule has 9 heteroatoms. The maximum absolute atomic E-state index is 12.8. The molecule has 0 aliphatic heterocycles. The van der Waals surface area contributed by atoms with Crippen LogP contribution in [0.4, 0.5) is 13.2 Å². The third-order valence-electron chi connectivity index (χ3n) is 5.07. The van der Waals surface area contributed by atoms with Crippen molar-refractivity contribution < 1.29 is 22.5 Å².